The molecule has 1 saturated heterocycles. The number of nitrogens with zero attached hydrogens (tertiary/aromatic N) is 2. The minimum absolute atomic E-state index is 0.536. The van der Waals surface area contributed by atoms with E-state index in [1.165, 1.54) is 21.6 Å². The van der Waals surface area contributed by atoms with Crippen LogP contribution in [0.2, 0.25) is 0 Å². The Morgan fingerprint density at radius 2 is 1.75 bits per heavy atom. The zero-order chi connectivity index (χ0) is 16.9. The normalized spacial score (nSPS) is 14.7. The number of carbonyl (C=O) groups is 1. The molecule has 0 radical (unpaired) electrons. The maximum absolute atomic E-state index is 11.1. The second-order valence-corrected chi connectivity index (χ2v) is 6.01. The largest absolute Gasteiger partial charge is 0.465 e. The van der Waals surface area contributed by atoms with Gasteiger partial charge >= 0.3 is 6.09 Å². The molecule has 126 valence electrons. The molecule has 0 bridgehead atoms. The van der Waals surface area contributed by atoms with Crippen molar-refractivity contribution in [2.75, 3.05) is 37.6 Å². The van der Waals surface area contributed by atoms with Crippen molar-refractivity contribution in [1.29, 1.82) is 0 Å². The molecule has 1 aliphatic rings. The molecule has 3 N–H and O–H groups in total. The average molecular weight is 325 g/mol. The summed E-state index contributed by atoms with van der Waals surface area (Å²) in [6.07, 6.45) is 0.0172. The number of hydrogen-bond acceptors (Lipinski definition) is 3. The highest BCUT2D eigenvalue weighted by Gasteiger charge is 2.22. The van der Waals surface area contributed by atoms with Gasteiger partial charge in [-0.15, -0.1) is 0 Å². The third-order valence-corrected chi connectivity index (χ3v) is 4.47. The number of anilines is 1. The third kappa shape index (κ3) is 3.51. The standard InChI is InChI=1S/C19H23N3O2/c20-9-8-15-6-7-18(17(14-15)16-4-2-1-3-5-16)21-10-12-22(13-11-21)19(23)24/h1-7,14H,8-13,20H2,(H,23,24). The summed E-state index contributed by atoms with van der Waals surface area (Å²) in [5, 5.41) is 9.12. The van der Waals surface area contributed by atoms with Crippen molar-refractivity contribution in [1.82, 2.24) is 4.90 Å². The summed E-state index contributed by atoms with van der Waals surface area (Å²) in [6.45, 7) is 3.12. The molecule has 2 aromatic carbocycles. The summed E-state index contributed by atoms with van der Waals surface area (Å²) in [4.78, 5) is 14.8. The number of benzene rings is 2. The van der Waals surface area contributed by atoms with Gasteiger partial charge < -0.3 is 20.6 Å². The molecule has 1 amide bonds. The highest BCUT2D eigenvalue weighted by molar-refractivity contribution is 5.79. The van der Waals surface area contributed by atoms with Gasteiger partial charge in [0.1, 0.15) is 0 Å². The lowest BCUT2D eigenvalue weighted by molar-refractivity contribution is 0.142. The number of carboxylic acid groups (broad SMARTS) is 1. The molecule has 0 aliphatic carbocycles. The molecule has 1 heterocycles. The summed E-state index contributed by atoms with van der Waals surface area (Å²) in [7, 11) is 0. The van der Waals surface area contributed by atoms with E-state index in [1.807, 2.05) is 18.2 Å². The number of nitrogens with two attached hydrogens (primary N) is 1. The van der Waals surface area contributed by atoms with E-state index in [4.69, 9.17) is 10.8 Å². The summed E-state index contributed by atoms with van der Waals surface area (Å²) < 4.78 is 0. The summed E-state index contributed by atoms with van der Waals surface area (Å²) in [5.74, 6) is 0. The van der Waals surface area contributed by atoms with Gasteiger partial charge in [-0.3, -0.25) is 0 Å². The van der Waals surface area contributed by atoms with Crippen LogP contribution in [0.15, 0.2) is 48.5 Å². The van der Waals surface area contributed by atoms with Crippen LogP contribution in [0.25, 0.3) is 11.1 Å². The lowest BCUT2D eigenvalue weighted by Crippen LogP contribution is -2.48. The molecule has 0 spiro atoms. The van der Waals surface area contributed by atoms with Crippen LogP contribution in [0, 0.1) is 0 Å². The van der Waals surface area contributed by atoms with Gasteiger partial charge in [0.05, 0.1) is 0 Å². The predicted molar refractivity (Wildman–Crippen MR) is 96.4 cm³/mol. The number of hydrogen-bond donors (Lipinski definition) is 2. The molecule has 5 nitrogen and oxygen atoms in total. The van der Waals surface area contributed by atoms with Gasteiger partial charge in [0.2, 0.25) is 0 Å². The van der Waals surface area contributed by atoms with Gasteiger partial charge in [-0.2, -0.15) is 0 Å². The molecular formula is C19H23N3O2. The quantitative estimate of drug-likeness (QED) is 0.907. The van der Waals surface area contributed by atoms with Crippen LogP contribution >= 0.6 is 0 Å². The van der Waals surface area contributed by atoms with Crippen LogP contribution in [0.5, 0.6) is 0 Å². The molecule has 0 aromatic heterocycles. The lowest BCUT2D eigenvalue weighted by atomic mass is 9.98. The van der Waals surface area contributed by atoms with Gasteiger partial charge in [0.25, 0.3) is 0 Å². The lowest BCUT2D eigenvalue weighted by Gasteiger charge is -2.36. The summed E-state index contributed by atoms with van der Waals surface area (Å²) in [6, 6.07) is 16.8. The van der Waals surface area contributed by atoms with Crippen molar-refractivity contribution in [2.24, 2.45) is 5.73 Å². The number of amides is 1. The molecule has 0 atom stereocenters. The molecule has 2 aromatic rings. The minimum atomic E-state index is -0.837. The smallest absolute Gasteiger partial charge is 0.407 e. The first-order valence-corrected chi connectivity index (χ1v) is 8.30. The molecular weight excluding hydrogens is 302 g/mol. The maximum Gasteiger partial charge on any atom is 0.407 e. The second-order valence-electron chi connectivity index (χ2n) is 6.01. The highest BCUT2D eigenvalue weighted by atomic mass is 16.4. The highest BCUT2D eigenvalue weighted by Crippen LogP contribution is 2.32. The van der Waals surface area contributed by atoms with E-state index in [2.05, 4.69) is 35.2 Å². The maximum atomic E-state index is 11.1. The fourth-order valence-corrected chi connectivity index (χ4v) is 3.17. The molecule has 0 saturated carbocycles. The molecule has 1 aliphatic heterocycles. The first-order chi connectivity index (χ1) is 11.7. The Balaban J connectivity index is 1.91. The molecule has 24 heavy (non-hydrogen) atoms. The van der Waals surface area contributed by atoms with Gasteiger partial charge in [-0.1, -0.05) is 36.4 Å². The van der Waals surface area contributed by atoms with E-state index in [0.717, 1.165) is 12.1 Å². The molecule has 5 heteroatoms. The van der Waals surface area contributed by atoms with E-state index in [1.54, 1.807) is 0 Å². The minimum Gasteiger partial charge on any atom is -0.465 e. The van der Waals surface area contributed by atoms with Crippen LogP contribution in [0.4, 0.5) is 10.5 Å². The van der Waals surface area contributed by atoms with E-state index in [9.17, 15) is 4.79 Å². The number of rotatable bonds is 4. The van der Waals surface area contributed by atoms with Crippen LogP contribution in [0.3, 0.4) is 0 Å². The van der Waals surface area contributed by atoms with Crippen molar-refractivity contribution in [3.05, 3.63) is 54.1 Å². The Labute approximate surface area is 142 Å². The van der Waals surface area contributed by atoms with Crippen molar-refractivity contribution in [3.63, 3.8) is 0 Å². The Morgan fingerprint density at radius 1 is 1.04 bits per heavy atom. The first kappa shape index (κ1) is 16.3. The number of piperazine rings is 1. The van der Waals surface area contributed by atoms with Gasteiger partial charge in [0.15, 0.2) is 0 Å². The molecule has 0 unspecified atom stereocenters. The SMILES string of the molecule is NCCc1ccc(N2CCN(C(=O)O)CC2)c(-c2ccccc2)c1. The Hall–Kier alpha value is -2.53. The Morgan fingerprint density at radius 3 is 2.38 bits per heavy atom. The van der Waals surface area contributed by atoms with Gasteiger partial charge in [-0.05, 0) is 36.2 Å². The van der Waals surface area contributed by atoms with Crippen molar-refractivity contribution < 1.29 is 9.90 Å². The predicted octanol–water partition coefficient (Wildman–Crippen LogP) is 2.65. The Kier molecular flexibility index (Phi) is 5.01. The molecule has 1 fully saturated rings. The fraction of sp³-hybridized carbons (Fsp3) is 0.316. The fourth-order valence-electron chi connectivity index (χ4n) is 3.17. The van der Waals surface area contributed by atoms with E-state index >= 15 is 0 Å². The summed E-state index contributed by atoms with van der Waals surface area (Å²) in [5.41, 5.74) is 10.4. The first-order valence-electron chi connectivity index (χ1n) is 8.30. The van der Waals surface area contributed by atoms with Gasteiger partial charge in [-0.25, -0.2) is 4.79 Å². The van der Waals surface area contributed by atoms with Crippen LogP contribution < -0.4 is 10.6 Å². The zero-order valence-corrected chi connectivity index (χ0v) is 13.7. The average Bonchev–Trinajstić information content (AvgIpc) is 2.63. The molecule has 3 rings (SSSR count). The van der Waals surface area contributed by atoms with Crippen LogP contribution in [-0.4, -0.2) is 48.8 Å². The monoisotopic (exact) mass is 325 g/mol. The van der Waals surface area contributed by atoms with Gasteiger partial charge in [0, 0.05) is 37.4 Å². The van der Waals surface area contributed by atoms with E-state index in [0.29, 0.717) is 32.7 Å². The summed E-state index contributed by atoms with van der Waals surface area (Å²) >= 11 is 0. The van der Waals surface area contributed by atoms with E-state index < -0.39 is 6.09 Å². The van der Waals surface area contributed by atoms with E-state index in [-0.39, 0.29) is 0 Å². The zero-order valence-electron chi connectivity index (χ0n) is 13.7. The van der Waals surface area contributed by atoms with Crippen molar-refractivity contribution in [2.45, 2.75) is 6.42 Å². The third-order valence-electron chi connectivity index (χ3n) is 4.47. The van der Waals surface area contributed by atoms with Crippen molar-refractivity contribution in [3.8, 4) is 11.1 Å². The Bertz CT molecular complexity index is 695. The van der Waals surface area contributed by atoms with Crippen LogP contribution in [0.1, 0.15) is 5.56 Å². The van der Waals surface area contributed by atoms with Crippen molar-refractivity contribution >= 4 is 11.8 Å². The van der Waals surface area contributed by atoms with Crippen LogP contribution in [-0.2, 0) is 6.42 Å². The topological polar surface area (TPSA) is 69.8 Å². The second kappa shape index (κ2) is 7.36.